The Hall–Kier alpha value is -3.02. The first kappa shape index (κ1) is 24.1. The number of carbonyl (C=O) groups is 2. The zero-order chi connectivity index (χ0) is 23.9. The van der Waals surface area contributed by atoms with Crippen LogP contribution < -0.4 is 9.47 Å². The smallest absolute Gasteiger partial charge is 0.250 e. The lowest BCUT2D eigenvalue weighted by Gasteiger charge is -2.43. The standard InChI is InChI=1S/C28H36N2O4/c1-3-34-24-16-15-22(19-25(24)33-2)27-28(32)30(23-13-9-4-5-10-14-23)20-26(31)29(27)18-17-21-11-7-6-8-12-21/h6-8,11-12,15-16,19,23,27H,3-5,9-10,13-14,17-18,20H2,1-2H3/t27-/m0/s1. The Labute approximate surface area is 202 Å². The molecule has 1 heterocycles. The highest BCUT2D eigenvalue weighted by atomic mass is 16.5. The summed E-state index contributed by atoms with van der Waals surface area (Å²) in [5, 5.41) is 0. The quantitative estimate of drug-likeness (QED) is 0.528. The Morgan fingerprint density at radius 3 is 2.35 bits per heavy atom. The first-order valence-corrected chi connectivity index (χ1v) is 12.6. The van der Waals surface area contributed by atoms with Crippen molar-refractivity contribution in [1.82, 2.24) is 9.80 Å². The van der Waals surface area contributed by atoms with Gasteiger partial charge in [-0.1, -0.05) is 62.1 Å². The van der Waals surface area contributed by atoms with E-state index in [0.29, 0.717) is 31.1 Å². The summed E-state index contributed by atoms with van der Waals surface area (Å²) in [4.78, 5) is 31.1. The fourth-order valence-electron chi connectivity index (χ4n) is 5.23. The second-order valence-corrected chi connectivity index (χ2v) is 9.18. The highest BCUT2D eigenvalue weighted by Crippen LogP contribution is 2.36. The summed E-state index contributed by atoms with van der Waals surface area (Å²) >= 11 is 0. The highest BCUT2D eigenvalue weighted by Gasteiger charge is 2.42. The Balaban J connectivity index is 1.66. The highest BCUT2D eigenvalue weighted by molar-refractivity contribution is 5.96. The molecule has 4 rings (SSSR count). The van der Waals surface area contributed by atoms with Gasteiger partial charge < -0.3 is 19.3 Å². The molecule has 2 aromatic rings. The minimum absolute atomic E-state index is 0.0117. The summed E-state index contributed by atoms with van der Waals surface area (Å²) in [7, 11) is 1.60. The van der Waals surface area contributed by atoms with Crippen molar-refractivity contribution in [3.63, 3.8) is 0 Å². The van der Waals surface area contributed by atoms with Crippen molar-refractivity contribution in [1.29, 1.82) is 0 Å². The van der Waals surface area contributed by atoms with E-state index in [9.17, 15) is 9.59 Å². The number of methoxy groups -OCH3 is 1. The van der Waals surface area contributed by atoms with Crippen molar-refractivity contribution in [2.45, 2.75) is 64.0 Å². The zero-order valence-electron chi connectivity index (χ0n) is 20.4. The van der Waals surface area contributed by atoms with Crippen LogP contribution in [0.2, 0.25) is 0 Å². The van der Waals surface area contributed by atoms with Crippen LogP contribution in [-0.2, 0) is 16.0 Å². The van der Waals surface area contributed by atoms with Gasteiger partial charge in [-0.05, 0) is 49.4 Å². The van der Waals surface area contributed by atoms with Crippen LogP contribution in [0, 0.1) is 0 Å². The largest absolute Gasteiger partial charge is 0.493 e. The average Bonchev–Trinajstić information content (AvgIpc) is 3.15. The summed E-state index contributed by atoms with van der Waals surface area (Å²) in [6, 6.07) is 15.2. The first-order chi connectivity index (χ1) is 16.6. The van der Waals surface area contributed by atoms with E-state index in [1.165, 1.54) is 12.8 Å². The van der Waals surface area contributed by atoms with Gasteiger partial charge in [-0.3, -0.25) is 9.59 Å². The minimum atomic E-state index is -0.655. The maximum absolute atomic E-state index is 14.0. The lowest BCUT2D eigenvalue weighted by Crippen LogP contribution is -2.58. The van der Waals surface area contributed by atoms with Gasteiger partial charge in [0.2, 0.25) is 5.91 Å². The van der Waals surface area contributed by atoms with E-state index >= 15 is 0 Å². The molecule has 0 aromatic heterocycles. The molecule has 2 fully saturated rings. The van der Waals surface area contributed by atoms with E-state index < -0.39 is 6.04 Å². The Bertz CT molecular complexity index is 970. The molecule has 1 aliphatic heterocycles. The fourth-order valence-corrected chi connectivity index (χ4v) is 5.23. The van der Waals surface area contributed by atoms with Crippen LogP contribution >= 0.6 is 0 Å². The van der Waals surface area contributed by atoms with E-state index in [1.807, 2.05) is 48.2 Å². The minimum Gasteiger partial charge on any atom is -0.493 e. The van der Waals surface area contributed by atoms with Crippen LogP contribution in [0.4, 0.5) is 0 Å². The average molecular weight is 465 g/mol. The van der Waals surface area contributed by atoms with Gasteiger partial charge in [0, 0.05) is 12.6 Å². The van der Waals surface area contributed by atoms with Crippen LogP contribution in [0.3, 0.4) is 0 Å². The number of ether oxygens (including phenoxy) is 2. The van der Waals surface area contributed by atoms with Crippen molar-refractivity contribution in [3.8, 4) is 11.5 Å². The lowest BCUT2D eigenvalue weighted by atomic mass is 9.96. The summed E-state index contributed by atoms with van der Waals surface area (Å²) in [6.07, 6.45) is 7.28. The molecule has 2 aromatic carbocycles. The van der Waals surface area contributed by atoms with Crippen molar-refractivity contribution in [3.05, 3.63) is 59.7 Å². The Kier molecular flexibility index (Phi) is 8.09. The molecule has 0 unspecified atom stereocenters. The summed E-state index contributed by atoms with van der Waals surface area (Å²) < 4.78 is 11.2. The van der Waals surface area contributed by atoms with Crippen LogP contribution in [0.1, 0.15) is 62.6 Å². The molecule has 0 N–H and O–H groups in total. The molecule has 1 saturated carbocycles. The number of amides is 2. The second kappa shape index (κ2) is 11.4. The third-order valence-corrected chi connectivity index (χ3v) is 7.01. The van der Waals surface area contributed by atoms with E-state index in [1.54, 1.807) is 12.0 Å². The van der Waals surface area contributed by atoms with Crippen molar-refractivity contribution >= 4 is 11.8 Å². The summed E-state index contributed by atoms with van der Waals surface area (Å²) in [5.41, 5.74) is 1.92. The molecule has 6 heteroatoms. The van der Waals surface area contributed by atoms with Gasteiger partial charge in [0.1, 0.15) is 12.6 Å². The van der Waals surface area contributed by atoms with Crippen molar-refractivity contribution < 1.29 is 19.1 Å². The van der Waals surface area contributed by atoms with E-state index in [0.717, 1.165) is 36.8 Å². The summed E-state index contributed by atoms with van der Waals surface area (Å²) in [6.45, 7) is 3.11. The van der Waals surface area contributed by atoms with E-state index in [2.05, 4.69) is 12.1 Å². The number of rotatable bonds is 8. The molecule has 1 atom stereocenters. The SMILES string of the molecule is CCOc1ccc([C@H]2C(=O)N(C3CCCCCC3)CC(=O)N2CCc2ccccc2)cc1OC. The van der Waals surface area contributed by atoms with Gasteiger partial charge in [-0.2, -0.15) is 0 Å². The molecule has 0 spiro atoms. The normalized spacial score (nSPS) is 19.8. The van der Waals surface area contributed by atoms with Crippen LogP contribution in [-0.4, -0.2) is 54.5 Å². The molecule has 34 heavy (non-hydrogen) atoms. The van der Waals surface area contributed by atoms with Crippen LogP contribution in [0.15, 0.2) is 48.5 Å². The van der Waals surface area contributed by atoms with Gasteiger partial charge in [0.05, 0.1) is 13.7 Å². The van der Waals surface area contributed by atoms with Gasteiger partial charge in [0.15, 0.2) is 11.5 Å². The third-order valence-electron chi connectivity index (χ3n) is 7.01. The molecule has 0 radical (unpaired) electrons. The van der Waals surface area contributed by atoms with Gasteiger partial charge >= 0.3 is 0 Å². The molecule has 2 amide bonds. The predicted octanol–water partition coefficient (Wildman–Crippen LogP) is 4.77. The Morgan fingerprint density at radius 2 is 1.68 bits per heavy atom. The number of carbonyl (C=O) groups excluding carboxylic acids is 2. The molecular formula is C28H36N2O4. The van der Waals surface area contributed by atoms with Crippen LogP contribution in [0.5, 0.6) is 11.5 Å². The number of hydrogen-bond donors (Lipinski definition) is 0. The topological polar surface area (TPSA) is 59.1 Å². The second-order valence-electron chi connectivity index (χ2n) is 9.18. The van der Waals surface area contributed by atoms with Crippen molar-refractivity contribution in [2.75, 3.05) is 26.8 Å². The molecule has 2 aliphatic rings. The third kappa shape index (κ3) is 5.37. The predicted molar refractivity (Wildman–Crippen MR) is 132 cm³/mol. The monoisotopic (exact) mass is 464 g/mol. The molecule has 182 valence electrons. The van der Waals surface area contributed by atoms with Crippen LogP contribution in [0.25, 0.3) is 0 Å². The van der Waals surface area contributed by atoms with Gasteiger partial charge in [0.25, 0.3) is 5.91 Å². The number of benzene rings is 2. The molecule has 0 bridgehead atoms. The maximum Gasteiger partial charge on any atom is 0.250 e. The lowest BCUT2D eigenvalue weighted by molar-refractivity contribution is -0.158. The van der Waals surface area contributed by atoms with E-state index in [4.69, 9.17) is 9.47 Å². The summed E-state index contributed by atoms with van der Waals surface area (Å²) in [5.74, 6) is 1.25. The molecule has 1 saturated heterocycles. The van der Waals surface area contributed by atoms with Gasteiger partial charge in [-0.15, -0.1) is 0 Å². The van der Waals surface area contributed by atoms with Crippen molar-refractivity contribution in [2.24, 2.45) is 0 Å². The maximum atomic E-state index is 14.0. The first-order valence-electron chi connectivity index (χ1n) is 12.6. The number of hydrogen-bond acceptors (Lipinski definition) is 4. The van der Waals surface area contributed by atoms with E-state index in [-0.39, 0.29) is 24.4 Å². The fraction of sp³-hybridized carbons (Fsp3) is 0.500. The van der Waals surface area contributed by atoms with Gasteiger partial charge in [-0.25, -0.2) is 0 Å². The Morgan fingerprint density at radius 1 is 0.941 bits per heavy atom. The molecule has 6 nitrogen and oxygen atoms in total. The number of nitrogens with zero attached hydrogens (tertiary/aromatic N) is 2. The molecule has 1 aliphatic carbocycles. The number of piperazine rings is 1. The molecular weight excluding hydrogens is 428 g/mol. The zero-order valence-corrected chi connectivity index (χ0v) is 20.4.